The zero-order chi connectivity index (χ0) is 11.9. The number of hydrogen-bond donors (Lipinski definition) is 1. The molecule has 1 aliphatic rings. The van der Waals surface area contributed by atoms with Crippen molar-refractivity contribution in [3.63, 3.8) is 0 Å². The van der Waals surface area contributed by atoms with Crippen molar-refractivity contribution in [1.29, 1.82) is 0 Å². The second-order valence-electron chi connectivity index (χ2n) is 3.98. The highest BCUT2D eigenvalue weighted by atomic mass is 32.2. The number of hydrogen-bond acceptors (Lipinski definition) is 4. The Bertz CT molecular complexity index is 532. The van der Waals surface area contributed by atoms with Gasteiger partial charge in [0.2, 0.25) is 0 Å². The molecule has 1 saturated heterocycles. The van der Waals surface area contributed by atoms with Crippen LogP contribution in [0.4, 0.5) is 0 Å². The Morgan fingerprint density at radius 2 is 2.31 bits per heavy atom. The molecule has 88 valence electrons. The van der Waals surface area contributed by atoms with E-state index in [-0.39, 0.29) is 23.1 Å². The summed E-state index contributed by atoms with van der Waals surface area (Å²) in [6, 6.07) is 1.45. The van der Waals surface area contributed by atoms with Gasteiger partial charge in [-0.05, 0) is 12.5 Å². The van der Waals surface area contributed by atoms with Crippen LogP contribution in [0.25, 0.3) is 0 Å². The molecule has 0 amide bonds. The summed E-state index contributed by atoms with van der Waals surface area (Å²) in [5.74, 6) is -0.980. The van der Waals surface area contributed by atoms with Gasteiger partial charge >= 0.3 is 5.97 Å². The maximum absolute atomic E-state index is 11.3. The Morgan fingerprint density at radius 1 is 1.62 bits per heavy atom. The van der Waals surface area contributed by atoms with Gasteiger partial charge in [0.05, 0.1) is 17.2 Å². The van der Waals surface area contributed by atoms with Crippen molar-refractivity contribution >= 4 is 15.8 Å². The van der Waals surface area contributed by atoms with Crippen LogP contribution >= 0.6 is 0 Å². The molecule has 0 saturated carbocycles. The molecule has 1 unspecified atom stereocenters. The molecular weight excluding hydrogens is 232 g/mol. The van der Waals surface area contributed by atoms with Crippen molar-refractivity contribution in [3.05, 3.63) is 17.5 Å². The maximum Gasteiger partial charge on any atom is 0.354 e. The highest BCUT2D eigenvalue weighted by Gasteiger charge is 2.31. The minimum absolute atomic E-state index is 0.0725. The Kier molecular flexibility index (Phi) is 2.49. The number of sulfone groups is 1. The Morgan fingerprint density at radius 3 is 2.75 bits per heavy atom. The van der Waals surface area contributed by atoms with E-state index in [0.717, 1.165) is 0 Å². The van der Waals surface area contributed by atoms with Gasteiger partial charge in [-0.25, -0.2) is 13.2 Å². The predicted octanol–water partition coefficient (Wildman–Crippen LogP) is 0.0204. The van der Waals surface area contributed by atoms with Crippen molar-refractivity contribution in [3.8, 4) is 0 Å². The molecule has 16 heavy (non-hydrogen) atoms. The number of aromatic carboxylic acids is 1. The van der Waals surface area contributed by atoms with Crippen LogP contribution in [0, 0.1) is 0 Å². The van der Waals surface area contributed by atoms with Gasteiger partial charge in [-0.1, -0.05) is 0 Å². The van der Waals surface area contributed by atoms with Gasteiger partial charge < -0.3 is 5.11 Å². The van der Waals surface area contributed by atoms with Crippen molar-refractivity contribution in [2.24, 2.45) is 7.05 Å². The molecule has 2 rings (SSSR count). The fourth-order valence-corrected chi connectivity index (χ4v) is 3.68. The average Bonchev–Trinajstić information content (AvgIpc) is 2.69. The second kappa shape index (κ2) is 3.58. The largest absolute Gasteiger partial charge is 0.477 e. The van der Waals surface area contributed by atoms with Gasteiger partial charge in [0.25, 0.3) is 0 Å². The molecule has 7 heteroatoms. The summed E-state index contributed by atoms with van der Waals surface area (Å²) in [7, 11) is -1.43. The van der Waals surface area contributed by atoms with Crippen LogP contribution in [-0.2, 0) is 16.9 Å². The third-order valence-corrected chi connectivity index (χ3v) is 4.54. The van der Waals surface area contributed by atoms with Crippen LogP contribution in [0.5, 0.6) is 0 Å². The van der Waals surface area contributed by atoms with E-state index in [9.17, 15) is 13.2 Å². The molecule has 0 radical (unpaired) electrons. The van der Waals surface area contributed by atoms with E-state index < -0.39 is 15.8 Å². The lowest BCUT2D eigenvalue weighted by atomic mass is 10.1. The molecule has 1 aliphatic heterocycles. The number of nitrogens with zero attached hydrogens (tertiary/aromatic N) is 2. The van der Waals surface area contributed by atoms with Gasteiger partial charge in [-0.15, -0.1) is 0 Å². The summed E-state index contributed by atoms with van der Waals surface area (Å²) < 4.78 is 23.8. The highest BCUT2D eigenvalue weighted by molar-refractivity contribution is 7.91. The van der Waals surface area contributed by atoms with Crippen molar-refractivity contribution in [1.82, 2.24) is 9.78 Å². The highest BCUT2D eigenvalue weighted by Crippen LogP contribution is 2.28. The number of carboxylic acids is 1. The quantitative estimate of drug-likeness (QED) is 0.792. The lowest BCUT2D eigenvalue weighted by Gasteiger charge is -2.01. The smallest absolute Gasteiger partial charge is 0.354 e. The Labute approximate surface area is 92.8 Å². The Balaban J connectivity index is 2.30. The normalized spacial score (nSPS) is 23.4. The number of carbonyl (C=O) groups is 1. The van der Waals surface area contributed by atoms with Crippen LogP contribution in [0.3, 0.4) is 0 Å². The molecule has 1 fully saturated rings. The summed E-state index contributed by atoms with van der Waals surface area (Å²) in [6.45, 7) is 0. The first-order valence-electron chi connectivity index (χ1n) is 4.87. The van der Waals surface area contributed by atoms with Crippen molar-refractivity contribution in [2.75, 3.05) is 11.5 Å². The molecule has 1 N–H and O–H groups in total. The number of aryl methyl sites for hydroxylation is 1. The standard InChI is InChI=1S/C9H12N2O4S/c1-11-8(9(12)13)4-7(10-11)6-2-3-16(14,15)5-6/h4,6H,2-3,5H2,1H3,(H,12,13). The molecule has 0 bridgehead atoms. The second-order valence-corrected chi connectivity index (χ2v) is 6.21. The minimum atomic E-state index is -2.96. The van der Waals surface area contributed by atoms with E-state index in [1.165, 1.54) is 17.8 Å². The van der Waals surface area contributed by atoms with Crippen molar-refractivity contribution in [2.45, 2.75) is 12.3 Å². The SMILES string of the molecule is Cn1nc(C2CCS(=O)(=O)C2)cc1C(=O)O. The third kappa shape index (κ3) is 1.95. The molecular formula is C9H12N2O4S. The van der Waals surface area contributed by atoms with Gasteiger partial charge in [0.15, 0.2) is 9.84 Å². The first-order chi connectivity index (χ1) is 7.39. The zero-order valence-electron chi connectivity index (χ0n) is 8.75. The van der Waals surface area contributed by atoms with Gasteiger partial charge in [0, 0.05) is 13.0 Å². The molecule has 0 aliphatic carbocycles. The number of carboxylic acid groups (broad SMARTS) is 1. The number of aromatic nitrogens is 2. The topological polar surface area (TPSA) is 89.3 Å². The summed E-state index contributed by atoms with van der Waals surface area (Å²) in [6.07, 6.45) is 0.526. The van der Waals surface area contributed by atoms with E-state index in [2.05, 4.69) is 5.10 Å². The van der Waals surface area contributed by atoms with E-state index in [1.807, 2.05) is 0 Å². The first kappa shape index (κ1) is 11.1. The van der Waals surface area contributed by atoms with E-state index in [4.69, 9.17) is 5.11 Å². The number of rotatable bonds is 2. The summed E-state index contributed by atoms with van der Waals surface area (Å²) in [5.41, 5.74) is 0.639. The summed E-state index contributed by atoms with van der Waals surface area (Å²) >= 11 is 0. The van der Waals surface area contributed by atoms with Gasteiger partial charge in [-0.2, -0.15) is 5.10 Å². The van der Waals surface area contributed by atoms with Crippen molar-refractivity contribution < 1.29 is 18.3 Å². The molecule has 1 aromatic heterocycles. The predicted molar refractivity (Wildman–Crippen MR) is 56.2 cm³/mol. The fourth-order valence-electron chi connectivity index (χ4n) is 1.92. The Hall–Kier alpha value is -1.37. The lowest BCUT2D eigenvalue weighted by molar-refractivity contribution is 0.0685. The molecule has 1 atom stereocenters. The summed E-state index contributed by atoms with van der Waals surface area (Å²) in [5, 5.41) is 12.9. The van der Waals surface area contributed by atoms with Crippen LogP contribution < -0.4 is 0 Å². The molecule has 6 nitrogen and oxygen atoms in total. The van der Waals surface area contributed by atoms with Crippen LogP contribution in [-0.4, -0.2) is 40.8 Å². The van der Waals surface area contributed by atoms with E-state index >= 15 is 0 Å². The fraction of sp³-hybridized carbons (Fsp3) is 0.556. The molecule has 0 spiro atoms. The van der Waals surface area contributed by atoms with E-state index in [0.29, 0.717) is 12.1 Å². The first-order valence-corrected chi connectivity index (χ1v) is 6.69. The molecule has 0 aromatic carbocycles. The molecule has 1 aromatic rings. The van der Waals surface area contributed by atoms with Crippen LogP contribution in [0.15, 0.2) is 6.07 Å². The molecule has 2 heterocycles. The van der Waals surface area contributed by atoms with Crippen LogP contribution in [0.1, 0.15) is 28.5 Å². The zero-order valence-corrected chi connectivity index (χ0v) is 9.57. The third-order valence-electron chi connectivity index (χ3n) is 2.77. The van der Waals surface area contributed by atoms with Gasteiger partial charge in [0.1, 0.15) is 5.69 Å². The van der Waals surface area contributed by atoms with Crippen LogP contribution in [0.2, 0.25) is 0 Å². The lowest BCUT2D eigenvalue weighted by Crippen LogP contribution is -2.05. The maximum atomic E-state index is 11.3. The monoisotopic (exact) mass is 244 g/mol. The average molecular weight is 244 g/mol. The summed E-state index contributed by atoms with van der Waals surface area (Å²) in [4.78, 5) is 10.8. The minimum Gasteiger partial charge on any atom is -0.477 e. The van der Waals surface area contributed by atoms with Gasteiger partial charge in [-0.3, -0.25) is 4.68 Å². The van der Waals surface area contributed by atoms with E-state index in [1.54, 1.807) is 0 Å².